The standard InChI is InChI=1S/C23H23N5O5/c1-12(21(30)31)10-18(22(32)33)26-20(29)15-7-4-13(5-8-15)2-3-14-6-9-17-16(11-14)19(24)28-23(25)27-17/h4-9,11,18H,1-3,10H2,(H,26,29)(H,30,31)(H,32,33)(H4,24,25,27,28)/t18-/m0/s1. The monoisotopic (exact) mass is 449 g/mol. The first-order valence-corrected chi connectivity index (χ1v) is 9.99. The van der Waals surface area contributed by atoms with Gasteiger partial charge in [0.2, 0.25) is 5.95 Å². The van der Waals surface area contributed by atoms with Gasteiger partial charge in [0, 0.05) is 22.9 Å². The Labute approximate surface area is 189 Å². The third kappa shape index (κ3) is 5.82. The zero-order valence-corrected chi connectivity index (χ0v) is 17.6. The molecule has 10 nitrogen and oxygen atoms in total. The van der Waals surface area contributed by atoms with Crippen molar-refractivity contribution in [2.75, 3.05) is 11.5 Å². The summed E-state index contributed by atoms with van der Waals surface area (Å²) in [6.45, 7) is 3.31. The summed E-state index contributed by atoms with van der Waals surface area (Å²) >= 11 is 0. The molecule has 1 amide bonds. The third-order valence-electron chi connectivity index (χ3n) is 5.08. The van der Waals surface area contributed by atoms with Crippen LogP contribution in [0.1, 0.15) is 27.9 Å². The maximum atomic E-state index is 12.4. The number of nitrogens with two attached hydrogens (primary N) is 2. The van der Waals surface area contributed by atoms with E-state index in [-0.39, 0.29) is 17.1 Å². The number of aryl methyl sites for hydroxylation is 2. The van der Waals surface area contributed by atoms with Crippen LogP contribution in [-0.4, -0.2) is 44.1 Å². The fourth-order valence-corrected chi connectivity index (χ4v) is 3.26. The van der Waals surface area contributed by atoms with Gasteiger partial charge < -0.3 is 27.0 Å². The van der Waals surface area contributed by atoms with Gasteiger partial charge in [-0.05, 0) is 48.2 Å². The second-order valence-corrected chi connectivity index (χ2v) is 7.49. The Morgan fingerprint density at radius 1 is 0.970 bits per heavy atom. The number of amides is 1. The van der Waals surface area contributed by atoms with Crippen LogP contribution in [0.3, 0.4) is 0 Å². The third-order valence-corrected chi connectivity index (χ3v) is 5.08. The lowest BCUT2D eigenvalue weighted by Crippen LogP contribution is -2.41. The zero-order chi connectivity index (χ0) is 24.1. The van der Waals surface area contributed by atoms with Gasteiger partial charge in [-0.15, -0.1) is 0 Å². The highest BCUT2D eigenvalue weighted by molar-refractivity contribution is 5.97. The van der Waals surface area contributed by atoms with Gasteiger partial charge in [-0.3, -0.25) is 4.79 Å². The lowest BCUT2D eigenvalue weighted by Gasteiger charge is -2.14. The normalized spacial score (nSPS) is 11.6. The van der Waals surface area contributed by atoms with Crippen LogP contribution >= 0.6 is 0 Å². The first kappa shape index (κ1) is 23.2. The molecule has 33 heavy (non-hydrogen) atoms. The van der Waals surface area contributed by atoms with Crippen molar-refractivity contribution in [2.45, 2.75) is 25.3 Å². The number of fused-ring (bicyclic) bond motifs is 1. The van der Waals surface area contributed by atoms with E-state index in [4.69, 9.17) is 16.6 Å². The Morgan fingerprint density at radius 2 is 1.61 bits per heavy atom. The Bertz CT molecular complexity index is 1240. The number of aliphatic carboxylic acids is 2. The topological polar surface area (TPSA) is 182 Å². The molecule has 0 unspecified atom stereocenters. The molecule has 1 atom stereocenters. The molecule has 0 saturated heterocycles. The van der Waals surface area contributed by atoms with Crippen molar-refractivity contribution in [3.8, 4) is 0 Å². The number of hydrogen-bond donors (Lipinski definition) is 5. The molecular formula is C23H23N5O5. The average molecular weight is 449 g/mol. The summed E-state index contributed by atoms with van der Waals surface area (Å²) < 4.78 is 0. The van der Waals surface area contributed by atoms with E-state index >= 15 is 0 Å². The molecule has 2 aromatic carbocycles. The zero-order valence-electron chi connectivity index (χ0n) is 17.6. The molecular weight excluding hydrogens is 426 g/mol. The minimum atomic E-state index is -1.39. The molecule has 0 aliphatic heterocycles. The predicted octanol–water partition coefficient (Wildman–Crippen LogP) is 1.79. The number of nitrogen functional groups attached to an aromatic ring is 2. The van der Waals surface area contributed by atoms with Gasteiger partial charge in [-0.25, -0.2) is 14.6 Å². The number of carbonyl (C=O) groups is 3. The van der Waals surface area contributed by atoms with Gasteiger partial charge in [0.05, 0.1) is 5.52 Å². The lowest BCUT2D eigenvalue weighted by atomic mass is 10.0. The Kier molecular flexibility index (Phi) is 6.87. The molecule has 0 spiro atoms. The summed E-state index contributed by atoms with van der Waals surface area (Å²) in [4.78, 5) is 42.8. The van der Waals surface area contributed by atoms with Crippen LogP contribution in [0, 0.1) is 0 Å². The van der Waals surface area contributed by atoms with E-state index in [1.807, 2.05) is 18.2 Å². The van der Waals surface area contributed by atoms with Gasteiger partial charge >= 0.3 is 11.9 Å². The first-order chi connectivity index (χ1) is 15.6. The van der Waals surface area contributed by atoms with Crippen LogP contribution in [-0.2, 0) is 22.4 Å². The van der Waals surface area contributed by atoms with Gasteiger partial charge in [0.1, 0.15) is 11.9 Å². The van der Waals surface area contributed by atoms with Crippen LogP contribution in [0.2, 0.25) is 0 Å². The number of carbonyl (C=O) groups excluding carboxylic acids is 1. The molecule has 170 valence electrons. The number of nitrogens with one attached hydrogen (secondary N) is 1. The summed E-state index contributed by atoms with van der Waals surface area (Å²) in [6.07, 6.45) is 1.01. The summed E-state index contributed by atoms with van der Waals surface area (Å²) in [5, 5.41) is 21.2. The van der Waals surface area contributed by atoms with E-state index in [0.29, 0.717) is 24.2 Å². The predicted molar refractivity (Wildman–Crippen MR) is 122 cm³/mol. The molecule has 0 fully saturated rings. The quantitative estimate of drug-likeness (QED) is 0.304. The van der Waals surface area contributed by atoms with E-state index in [9.17, 15) is 19.5 Å². The summed E-state index contributed by atoms with van der Waals surface area (Å²) in [7, 11) is 0. The van der Waals surface area contributed by atoms with Crippen molar-refractivity contribution in [3.63, 3.8) is 0 Å². The smallest absolute Gasteiger partial charge is 0.331 e. The van der Waals surface area contributed by atoms with Crippen molar-refractivity contribution < 1.29 is 24.6 Å². The highest BCUT2D eigenvalue weighted by Crippen LogP contribution is 2.21. The van der Waals surface area contributed by atoms with E-state index in [0.717, 1.165) is 16.5 Å². The number of aromatic nitrogens is 2. The maximum absolute atomic E-state index is 12.4. The van der Waals surface area contributed by atoms with Crippen LogP contribution in [0.5, 0.6) is 0 Å². The molecule has 0 aliphatic rings. The van der Waals surface area contributed by atoms with E-state index in [1.54, 1.807) is 24.3 Å². The average Bonchev–Trinajstić information content (AvgIpc) is 2.77. The fraction of sp³-hybridized carbons (Fsp3) is 0.174. The highest BCUT2D eigenvalue weighted by atomic mass is 16.4. The minimum absolute atomic E-state index is 0.123. The van der Waals surface area contributed by atoms with Crippen LogP contribution in [0.4, 0.5) is 11.8 Å². The number of carboxylic acids is 2. The SMILES string of the molecule is C=C(C[C@H](NC(=O)c1ccc(CCc2ccc3nc(N)nc(N)c3c2)cc1)C(=O)O)C(=O)O. The van der Waals surface area contributed by atoms with Crippen molar-refractivity contribution in [1.82, 2.24) is 15.3 Å². The van der Waals surface area contributed by atoms with Crippen LogP contribution in [0.25, 0.3) is 10.9 Å². The van der Waals surface area contributed by atoms with Gasteiger partial charge in [0.15, 0.2) is 0 Å². The minimum Gasteiger partial charge on any atom is -0.480 e. The van der Waals surface area contributed by atoms with E-state index in [2.05, 4.69) is 21.9 Å². The largest absolute Gasteiger partial charge is 0.480 e. The molecule has 10 heteroatoms. The first-order valence-electron chi connectivity index (χ1n) is 9.99. The Hall–Kier alpha value is -4.47. The van der Waals surface area contributed by atoms with Crippen molar-refractivity contribution in [3.05, 3.63) is 71.3 Å². The molecule has 3 rings (SSSR count). The van der Waals surface area contributed by atoms with Gasteiger partial charge in [0.25, 0.3) is 5.91 Å². The molecule has 3 aromatic rings. The summed E-state index contributed by atoms with van der Waals surface area (Å²) in [5.74, 6) is -2.83. The second-order valence-electron chi connectivity index (χ2n) is 7.49. The highest BCUT2D eigenvalue weighted by Gasteiger charge is 2.23. The maximum Gasteiger partial charge on any atom is 0.331 e. The van der Waals surface area contributed by atoms with Gasteiger partial charge in [-0.2, -0.15) is 4.98 Å². The summed E-state index contributed by atoms with van der Waals surface area (Å²) in [5.41, 5.74) is 14.2. The van der Waals surface area contributed by atoms with Gasteiger partial charge in [-0.1, -0.05) is 24.8 Å². The van der Waals surface area contributed by atoms with Crippen LogP contribution < -0.4 is 16.8 Å². The second kappa shape index (κ2) is 9.77. The Balaban J connectivity index is 1.63. The molecule has 0 saturated carbocycles. The van der Waals surface area contributed by atoms with E-state index < -0.39 is 30.3 Å². The van der Waals surface area contributed by atoms with Crippen molar-refractivity contribution >= 4 is 40.5 Å². The Morgan fingerprint density at radius 3 is 2.24 bits per heavy atom. The number of benzene rings is 2. The molecule has 0 bridgehead atoms. The lowest BCUT2D eigenvalue weighted by molar-refractivity contribution is -0.139. The number of carboxylic acid groups (broad SMARTS) is 2. The van der Waals surface area contributed by atoms with E-state index in [1.165, 1.54) is 0 Å². The van der Waals surface area contributed by atoms with Crippen molar-refractivity contribution in [2.24, 2.45) is 0 Å². The molecule has 1 aromatic heterocycles. The number of hydrogen-bond acceptors (Lipinski definition) is 7. The summed E-state index contributed by atoms with van der Waals surface area (Å²) in [6, 6.07) is 11.0. The number of nitrogens with zero attached hydrogens (tertiary/aromatic N) is 2. The molecule has 7 N–H and O–H groups in total. The van der Waals surface area contributed by atoms with Crippen LogP contribution in [0.15, 0.2) is 54.6 Å². The molecule has 1 heterocycles. The number of anilines is 2. The fourth-order valence-electron chi connectivity index (χ4n) is 3.26. The molecule has 0 aliphatic carbocycles. The number of rotatable bonds is 9. The van der Waals surface area contributed by atoms with Crippen molar-refractivity contribution in [1.29, 1.82) is 0 Å². The molecule has 0 radical (unpaired) electrons.